The van der Waals surface area contributed by atoms with Crippen LogP contribution in [0.2, 0.25) is 0 Å². The Morgan fingerprint density at radius 3 is 3.07 bits per heavy atom. The van der Waals surface area contributed by atoms with E-state index in [1.165, 1.54) is 0 Å². The number of hydrogen-bond acceptors (Lipinski definition) is 4. The van der Waals surface area contributed by atoms with Crippen molar-refractivity contribution in [2.75, 3.05) is 12.0 Å². The van der Waals surface area contributed by atoms with E-state index in [-0.39, 0.29) is 6.04 Å². The van der Waals surface area contributed by atoms with Crippen molar-refractivity contribution in [3.63, 3.8) is 0 Å². The maximum atomic E-state index is 6.02. The van der Waals surface area contributed by atoms with Crippen molar-refractivity contribution in [2.45, 2.75) is 32.4 Å². The summed E-state index contributed by atoms with van der Waals surface area (Å²) in [6.45, 7) is 3.09. The van der Waals surface area contributed by atoms with Crippen LogP contribution in [0.15, 0.2) is 6.33 Å². The van der Waals surface area contributed by atoms with Crippen molar-refractivity contribution < 1.29 is 0 Å². The van der Waals surface area contributed by atoms with Gasteiger partial charge in [-0.1, -0.05) is 6.92 Å². The molecular formula is C9H18N4S. The molecule has 1 atom stereocenters. The average Bonchev–Trinajstić information content (AvgIpc) is 2.63. The smallest absolute Gasteiger partial charge is 0.149 e. The lowest BCUT2D eigenvalue weighted by Gasteiger charge is -2.11. The van der Waals surface area contributed by atoms with Gasteiger partial charge in [-0.05, 0) is 24.9 Å². The topological polar surface area (TPSA) is 56.7 Å². The zero-order valence-electron chi connectivity index (χ0n) is 8.81. The van der Waals surface area contributed by atoms with Gasteiger partial charge in [-0.15, -0.1) is 10.2 Å². The standard InChI is InChI=1S/C9H18N4S/c1-3-5-13-7-11-12-9(13)8(10)4-6-14-2/h7-8H,3-6,10H2,1-2H3/t8-/m0/s1. The summed E-state index contributed by atoms with van der Waals surface area (Å²) in [4.78, 5) is 0. The molecule has 80 valence electrons. The molecule has 0 saturated carbocycles. The summed E-state index contributed by atoms with van der Waals surface area (Å²) in [7, 11) is 0. The summed E-state index contributed by atoms with van der Waals surface area (Å²) >= 11 is 1.81. The maximum absolute atomic E-state index is 6.02. The van der Waals surface area contributed by atoms with Gasteiger partial charge in [0.25, 0.3) is 0 Å². The number of hydrogen-bond donors (Lipinski definition) is 1. The van der Waals surface area contributed by atoms with Gasteiger partial charge in [0.2, 0.25) is 0 Å². The van der Waals surface area contributed by atoms with E-state index < -0.39 is 0 Å². The van der Waals surface area contributed by atoms with Crippen LogP contribution in [0.5, 0.6) is 0 Å². The number of rotatable bonds is 6. The monoisotopic (exact) mass is 214 g/mol. The molecule has 0 radical (unpaired) electrons. The van der Waals surface area contributed by atoms with E-state index in [1.807, 2.05) is 16.3 Å². The number of aryl methyl sites for hydroxylation is 1. The minimum absolute atomic E-state index is 0.0245. The van der Waals surface area contributed by atoms with Crippen LogP contribution in [0, 0.1) is 0 Å². The first kappa shape index (κ1) is 11.5. The first-order valence-electron chi connectivity index (χ1n) is 4.91. The molecule has 1 rings (SSSR count). The Morgan fingerprint density at radius 1 is 1.64 bits per heavy atom. The third kappa shape index (κ3) is 2.99. The molecule has 0 aromatic carbocycles. The molecule has 0 amide bonds. The molecule has 0 fully saturated rings. The van der Waals surface area contributed by atoms with Gasteiger partial charge in [0, 0.05) is 6.54 Å². The van der Waals surface area contributed by atoms with Gasteiger partial charge < -0.3 is 10.3 Å². The fourth-order valence-corrected chi connectivity index (χ4v) is 1.83. The molecule has 2 N–H and O–H groups in total. The summed E-state index contributed by atoms with van der Waals surface area (Å²) in [5.74, 6) is 1.99. The summed E-state index contributed by atoms with van der Waals surface area (Å²) in [5, 5.41) is 7.96. The minimum atomic E-state index is 0.0245. The van der Waals surface area contributed by atoms with Crippen molar-refractivity contribution in [3.8, 4) is 0 Å². The van der Waals surface area contributed by atoms with Crippen molar-refractivity contribution >= 4 is 11.8 Å². The van der Waals surface area contributed by atoms with Crippen LogP contribution in [-0.4, -0.2) is 26.8 Å². The number of aromatic nitrogens is 3. The fraction of sp³-hybridized carbons (Fsp3) is 0.778. The lowest BCUT2D eigenvalue weighted by Crippen LogP contribution is -2.17. The van der Waals surface area contributed by atoms with Gasteiger partial charge in [-0.3, -0.25) is 0 Å². The summed E-state index contributed by atoms with van der Waals surface area (Å²) in [6, 6.07) is 0.0245. The molecule has 0 aliphatic heterocycles. The van der Waals surface area contributed by atoms with Crippen LogP contribution in [0.1, 0.15) is 31.6 Å². The Bertz CT molecular complexity index is 261. The lowest BCUT2D eigenvalue weighted by molar-refractivity contribution is 0.568. The third-order valence-electron chi connectivity index (χ3n) is 2.07. The highest BCUT2D eigenvalue weighted by atomic mass is 32.2. The van der Waals surface area contributed by atoms with Gasteiger partial charge in [0.1, 0.15) is 12.2 Å². The second-order valence-corrected chi connectivity index (χ2v) is 4.26. The predicted octanol–water partition coefficient (Wildman–Crippen LogP) is 1.44. The molecule has 0 saturated heterocycles. The van der Waals surface area contributed by atoms with Gasteiger partial charge in [0.05, 0.1) is 6.04 Å². The van der Waals surface area contributed by atoms with Gasteiger partial charge in [0.15, 0.2) is 0 Å². The first-order valence-corrected chi connectivity index (χ1v) is 6.31. The second kappa shape index (κ2) is 6.03. The molecule has 0 spiro atoms. The number of nitrogens with zero attached hydrogens (tertiary/aromatic N) is 3. The molecule has 0 aliphatic carbocycles. The fourth-order valence-electron chi connectivity index (χ4n) is 1.34. The van der Waals surface area contributed by atoms with Crippen LogP contribution < -0.4 is 5.73 Å². The van der Waals surface area contributed by atoms with Gasteiger partial charge >= 0.3 is 0 Å². The normalized spacial score (nSPS) is 13.1. The molecule has 14 heavy (non-hydrogen) atoms. The molecule has 0 unspecified atom stereocenters. The summed E-state index contributed by atoms with van der Waals surface area (Å²) in [5.41, 5.74) is 6.02. The van der Waals surface area contributed by atoms with E-state index in [0.717, 1.165) is 31.0 Å². The van der Waals surface area contributed by atoms with E-state index >= 15 is 0 Å². The Balaban J connectivity index is 2.58. The van der Waals surface area contributed by atoms with E-state index in [9.17, 15) is 0 Å². The third-order valence-corrected chi connectivity index (χ3v) is 2.72. The minimum Gasteiger partial charge on any atom is -0.321 e. The summed E-state index contributed by atoms with van der Waals surface area (Å²) < 4.78 is 2.05. The molecule has 1 heterocycles. The molecule has 5 heteroatoms. The second-order valence-electron chi connectivity index (χ2n) is 3.27. The average molecular weight is 214 g/mol. The number of thioether (sulfide) groups is 1. The Labute approximate surface area is 89.3 Å². The molecule has 4 nitrogen and oxygen atoms in total. The quantitative estimate of drug-likeness (QED) is 0.778. The highest BCUT2D eigenvalue weighted by Gasteiger charge is 2.12. The van der Waals surface area contributed by atoms with E-state index in [0.29, 0.717) is 0 Å². The molecule has 0 aliphatic rings. The van der Waals surface area contributed by atoms with Crippen molar-refractivity contribution in [3.05, 3.63) is 12.2 Å². The highest BCUT2D eigenvalue weighted by Crippen LogP contribution is 2.13. The van der Waals surface area contributed by atoms with Crippen molar-refractivity contribution in [1.82, 2.24) is 14.8 Å². The van der Waals surface area contributed by atoms with Crippen LogP contribution in [0.4, 0.5) is 0 Å². The van der Waals surface area contributed by atoms with Crippen molar-refractivity contribution in [2.24, 2.45) is 5.73 Å². The van der Waals surface area contributed by atoms with Crippen molar-refractivity contribution in [1.29, 1.82) is 0 Å². The molecule has 1 aromatic rings. The van der Waals surface area contributed by atoms with Crippen LogP contribution >= 0.6 is 11.8 Å². The van der Waals surface area contributed by atoms with Gasteiger partial charge in [-0.25, -0.2) is 0 Å². The van der Waals surface area contributed by atoms with Crippen LogP contribution in [0.25, 0.3) is 0 Å². The highest BCUT2D eigenvalue weighted by molar-refractivity contribution is 7.98. The SMILES string of the molecule is CCCn1cnnc1[C@@H](N)CCSC. The largest absolute Gasteiger partial charge is 0.321 e. The lowest BCUT2D eigenvalue weighted by atomic mass is 10.2. The van der Waals surface area contributed by atoms with E-state index in [4.69, 9.17) is 5.73 Å². The van der Waals surface area contributed by atoms with E-state index in [2.05, 4.69) is 23.4 Å². The number of nitrogens with two attached hydrogens (primary N) is 1. The Hall–Kier alpha value is -0.550. The van der Waals surface area contributed by atoms with E-state index in [1.54, 1.807) is 6.33 Å². The predicted molar refractivity (Wildman–Crippen MR) is 60.2 cm³/mol. The molecular weight excluding hydrogens is 196 g/mol. The van der Waals surface area contributed by atoms with Gasteiger partial charge in [-0.2, -0.15) is 11.8 Å². The Kier molecular flexibility index (Phi) is 4.97. The first-order chi connectivity index (χ1) is 6.79. The van der Waals surface area contributed by atoms with Crippen LogP contribution in [0.3, 0.4) is 0 Å². The molecule has 0 bridgehead atoms. The zero-order valence-corrected chi connectivity index (χ0v) is 9.63. The molecule has 1 aromatic heterocycles. The Morgan fingerprint density at radius 2 is 2.43 bits per heavy atom. The van der Waals surface area contributed by atoms with Crippen LogP contribution in [-0.2, 0) is 6.54 Å². The summed E-state index contributed by atoms with van der Waals surface area (Å²) in [6.07, 6.45) is 5.89. The maximum Gasteiger partial charge on any atom is 0.149 e. The zero-order chi connectivity index (χ0) is 10.4.